The SMILES string of the molecule is C=CC(=O)N1CC[C@H](n2cc(C#Cc3ccc4oc(C5CCC5)nc4c3)c3c(N)ncnc32)C1. The van der Waals surface area contributed by atoms with Crippen molar-refractivity contribution in [2.45, 2.75) is 37.6 Å². The summed E-state index contributed by atoms with van der Waals surface area (Å²) >= 11 is 0. The fourth-order valence-corrected chi connectivity index (χ4v) is 4.77. The number of nitrogen functional groups attached to an aromatic ring is 1. The Bertz CT molecular complexity index is 1500. The predicted octanol–water partition coefficient (Wildman–Crippen LogP) is 3.78. The first-order chi connectivity index (χ1) is 16.6. The largest absolute Gasteiger partial charge is 0.440 e. The normalized spacial score (nSPS) is 18.1. The van der Waals surface area contributed by atoms with Crippen molar-refractivity contribution in [3.63, 3.8) is 0 Å². The lowest BCUT2D eigenvalue weighted by Gasteiger charge is -2.21. The summed E-state index contributed by atoms with van der Waals surface area (Å²) in [5.41, 5.74) is 10.2. The number of carbonyl (C=O) groups is 1. The zero-order valence-corrected chi connectivity index (χ0v) is 18.7. The summed E-state index contributed by atoms with van der Waals surface area (Å²) in [4.78, 5) is 27.2. The Morgan fingerprint density at radius 3 is 2.91 bits per heavy atom. The number of fused-ring (bicyclic) bond motifs is 2. The van der Waals surface area contributed by atoms with Crippen LogP contribution in [0.25, 0.3) is 22.1 Å². The number of oxazole rings is 1. The minimum Gasteiger partial charge on any atom is -0.440 e. The van der Waals surface area contributed by atoms with E-state index in [0.717, 1.165) is 58.4 Å². The molecule has 1 aliphatic carbocycles. The van der Waals surface area contributed by atoms with E-state index in [4.69, 9.17) is 10.2 Å². The highest BCUT2D eigenvalue weighted by Gasteiger charge is 2.28. The van der Waals surface area contributed by atoms with E-state index < -0.39 is 0 Å². The summed E-state index contributed by atoms with van der Waals surface area (Å²) < 4.78 is 8.00. The molecule has 1 saturated heterocycles. The Morgan fingerprint density at radius 2 is 2.12 bits per heavy atom. The number of amides is 1. The van der Waals surface area contributed by atoms with E-state index in [1.165, 1.54) is 18.8 Å². The second-order valence-corrected chi connectivity index (χ2v) is 8.95. The fourth-order valence-electron chi connectivity index (χ4n) is 4.77. The van der Waals surface area contributed by atoms with Gasteiger partial charge in [-0.25, -0.2) is 15.0 Å². The van der Waals surface area contributed by atoms with Crippen LogP contribution in [0.5, 0.6) is 0 Å². The zero-order valence-electron chi connectivity index (χ0n) is 18.7. The van der Waals surface area contributed by atoms with Gasteiger partial charge in [0.25, 0.3) is 0 Å². The highest BCUT2D eigenvalue weighted by molar-refractivity contribution is 5.92. The maximum absolute atomic E-state index is 12.0. The van der Waals surface area contributed by atoms with Gasteiger partial charge in [-0.15, -0.1) is 0 Å². The van der Waals surface area contributed by atoms with Gasteiger partial charge in [0.15, 0.2) is 11.5 Å². The Kier molecular flexibility index (Phi) is 4.84. The molecule has 1 aromatic carbocycles. The molecule has 34 heavy (non-hydrogen) atoms. The number of nitrogens with two attached hydrogens (primary N) is 1. The number of anilines is 1. The van der Waals surface area contributed by atoms with E-state index >= 15 is 0 Å². The minimum atomic E-state index is -0.0585. The third-order valence-electron chi connectivity index (χ3n) is 6.88. The maximum Gasteiger partial charge on any atom is 0.246 e. The molecule has 0 unspecified atom stereocenters. The summed E-state index contributed by atoms with van der Waals surface area (Å²) in [5, 5.41) is 0.735. The summed E-state index contributed by atoms with van der Waals surface area (Å²) in [6, 6.07) is 5.93. The smallest absolute Gasteiger partial charge is 0.246 e. The number of hydrogen-bond acceptors (Lipinski definition) is 6. The first kappa shape index (κ1) is 20.5. The molecule has 3 aromatic heterocycles. The molecule has 8 heteroatoms. The van der Waals surface area contributed by atoms with Crippen LogP contribution in [-0.4, -0.2) is 43.4 Å². The van der Waals surface area contributed by atoms with Crippen LogP contribution in [0.2, 0.25) is 0 Å². The Morgan fingerprint density at radius 1 is 1.24 bits per heavy atom. The molecule has 2 N–H and O–H groups in total. The van der Waals surface area contributed by atoms with Gasteiger partial charge in [-0.3, -0.25) is 4.79 Å². The summed E-state index contributed by atoms with van der Waals surface area (Å²) in [6.45, 7) is 4.87. The summed E-state index contributed by atoms with van der Waals surface area (Å²) in [5.74, 6) is 8.12. The van der Waals surface area contributed by atoms with E-state index in [-0.39, 0.29) is 11.9 Å². The van der Waals surface area contributed by atoms with Crippen LogP contribution < -0.4 is 5.73 Å². The van der Waals surface area contributed by atoms with Gasteiger partial charge in [-0.1, -0.05) is 24.8 Å². The van der Waals surface area contributed by atoms with Gasteiger partial charge in [0.2, 0.25) is 5.91 Å². The van der Waals surface area contributed by atoms with Crippen LogP contribution in [-0.2, 0) is 4.79 Å². The minimum absolute atomic E-state index is 0.0585. The van der Waals surface area contributed by atoms with Crippen LogP contribution in [0.4, 0.5) is 5.82 Å². The third kappa shape index (κ3) is 3.41. The van der Waals surface area contributed by atoms with Crippen molar-refractivity contribution in [3.8, 4) is 11.8 Å². The molecule has 170 valence electrons. The van der Waals surface area contributed by atoms with Crippen molar-refractivity contribution in [1.29, 1.82) is 0 Å². The van der Waals surface area contributed by atoms with Crippen LogP contribution in [0.15, 0.2) is 47.8 Å². The van der Waals surface area contributed by atoms with Gasteiger partial charge in [0.1, 0.15) is 23.3 Å². The number of likely N-dealkylation sites (tertiary alicyclic amines) is 1. The summed E-state index contributed by atoms with van der Waals surface area (Å²) in [7, 11) is 0. The predicted molar refractivity (Wildman–Crippen MR) is 129 cm³/mol. The monoisotopic (exact) mass is 452 g/mol. The van der Waals surface area contributed by atoms with E-state index in [1.54, 1.807) is 4.90 Å². The zero-order chi connectivity index (χ0) is 23.2. The van der Waals surface area contributed by atoms with Gasteiger partial charge in [-0.05, 0) is 43.5 Å². The molecule has 1 saturated carbocycles. The first-order valence-electron chi connectivity index (χ1n) is 11.6. The van der Waals surface area contributed by atoms with Gasteiger partial charge < -0.3 is 19.6 Å². The molecule has 4 heterocycles. The number of nitrogens with zero attached hydrogens (tertiary/aromatic N) is 5. The van der Waals surface area contributed by atoms with Crippen molar-refractivity contribution < 1.29 is 9.21 Å². The molecule has 6 rings (SSSR count). The first-order valence-corrected chi connectivity index (χ1v) is 11.6. The van der Waals surface area contributed by atoms with Gasteiger partial charge in [0, 0.05) is 30.8 Å². The highest BCUT2D eigenvalue weighted by Crippen LogP contribution is 2.37. The Balaban J connectivity index is 1.35. The van der Waals surface area contributed by atoms with Crippen LogP contribution in [0.1, 0.15) is 54.7 Å². The average Bonchev–Trinajstić information content (AvgIpc) is 3.52. The maximum atomic E-state index is 12.0. The van der Waals surface area contributed by atoms with Gasteiger partial charge in [0.05, 0.1) is 17.0 Å². The number of hydrogen-bond donors (Lipinski definition) is 1. The quantitative estimate of drug-likeness (QED) is 0.375. The van der Waals surface area contributed by atoms with Crippen molar-refractivity contribution in [3.05, 3.63) is 60.4 Å². The standard InChI is InChI=1S/C26H24N6O2/c1-2-22(33)31-11-10-19(14-31)32-13-18(23-24(27)28-15-29-25(23)32)8-6-16-7-9-21-20(12-16)30-26(34-21)17-4-3-5-17/h2,7,9,12-13,15,17,19H,1,3-5,10-11,14H2,(H2,27,28,29)/t19-/m0/s1. The second kappa shape index (κ2) is 8.03. The van der Waals surface area contributed by atoms with Gasteiger partial charge >= 0.3 is 0 Å². The molecule has 1 atom stereocenters. The number of carbonyl (C=O) groups excluding carboxylic acids is 1. The molecule has 2 aliphatic rings. The number of aromatic nitrogens is 4. The molecular weight excluding hydrogens is 428 g/mol. The second-order valence-electron chi connectivity index (χ2n) is 8.95. The third-order valence-corrected chi connectivity index (χ3v) is 6.88. The van der Waals surface area contributed by atoms with Crippen LogP contribution in [0, 0.1) is 11.8 Å². The highest BCUT2D eigenvalue weighted by atomic mass is 16.3. The lowest BCUT2D eigenvalue weighted by molar-refractivity contribution is -0.125. The Labute approximate surface area is 196 Å². The lowest BCUT2D eigenvalue weighted by atomic mass is 9.85. The molecular formula is C26H24N6O2. The van der Waals surface area contributed by atoms with Crippen molar-refractivity contribution in [2.75, 3.05) is 18.8 Å². The van der Waals surface area contributed by atoms with Crippen LogP contribution >= 0.6 is 0 Å². The fraction of sp³-hybridized carbons (Fsp3) is 0.308. The lowest BCUT2D eigenvalue weighted by Crippen LogP contribution is -2.27. The average molecular weight is 453 g/mol. The van der Waals surface area contributed by atoms with Crippen molar-refractivity contribution in [1.82, 2.24) is 24.4 Å². The van der Waals surface area contributed by atoms with E-state index in [0.29, 0.717) is 24.8 Å². The Hall–Kier alpha value is -4.12. The molecule has 1 aliphatic heterocycles. The molecule has 2 fully saturated rings. The van der Waals surface area contributed by atoms with Crippen LogP contribution in [0.3, 0.4) is 0 Å². The molecule has 8 nitrogen and oxygen atoms in total. The van der Waals surface area contributed by atoms with Gasteiger partial charge in [-0.2, -0.15) is 0 Å². The molecule has 1 amide bonds. The number of rotatable bonds is 3. The van der Waals surface area contributed by atoms with E-state index in [9.17, 15) is 4.79 Å². The topological polar surface area (TPSA) is 103 Å². The van der Waals surface area contributed by atoms with Crippen molar-refractivity contribution in [2.24, 2.45) is 0 Å². The molecule has 0 spiro atoms. The molecule has 4 aromatic rings. The molecule has 0 bridgehead atoms. The van der Waals surface area contributed by atoms with E-state index in [1.807, 2.05) is 24.4 Å². The van der Waals surface area contributed by atoms with E-state index in [2.05, 4.69) is 37.9 Å². The summed E-state index contributed by atoms with van der Waals surface area (Å²) in [6.07, 6.45) is 9.15. The van der Waals surface area contributed by atoms with Crippen molar-refractivity contribution >= 4 is 33.9 Å². The molecule has 0 radical (unpaired) electrons. The number of benzene rings is 1.